The summed E-state index contributed by atoms with van der Waals surface area (Å²) in [4.78, 5) is 30.2. The molecule has 7 heteroatoms. The Hall–Kier alpha value is -3.09. The number of hydrogen-bond donors (Lipinski definition) is 1. The molecule has 2 amide bonds. The van der Waals surface area contributed by atoms with E-state index in [9.17, 15) is 9.59 Å². The van der Waals surface area contributed by atoms with Crippen LogP contribution in [0.2, 0.25) is 0 Å². The van der Waals surface area contributed by atoms with Gasteiger partial charge in [0.05, 0.1) is 19.4 Å². The van der Waals surface area contributed by atoms with Gasteiger partial charge in [0, 0.05) is 32.1 Å². The van der Waals surface area contributed by atoms with Crippen molar-refractivity contribution >= 4 is 17.5 Å². The molecule has 7 nitrogen and oxygen atoms in total. The number of carbonyl (C=O) groups excluding carboxylic acids is 2. The predicted molar refractivity (Wildman–Crippen MR) is 103 cm³/mol. The first-order valence-corrected chi connectivity index (χ1v) is 8.81. The van der Waals surface area contributed by atoms with Crippen LogP contribution in [0.3, 0.4) is 0 Å². The summed E-state index contributed by atoms with van der Waals surface area (Å²) in [6, 6.07) is 8.72. The Morgan fingerprint density at radius 3 is 2.74 bits per heavy atom. The van der Waals surface area contributed by atoms with Gasteiger partial charge in [-0.25, -0.2) is 0 Å². The van der Waals surface area contributed by atoms with Crippen LogP contribution in [0.25, 0.3) is 0 Å². The summed E-state index contributed by atoms with van der Waals surface area (Å²) in [5.41, 5.74) is 1.24. The molecule has 1 heterocycles. The minimum atomic E-state index is -0.741. The van der Waals surface area contributed by atoms with Gasteiger partial charge in [-0.15, -0.1) is 0 Å². The van der Waals surface area contributed by atoms with E-state index in [1.807, 2.05) is 6.07 Å². The van der Waals surface area contributed by atoms with Gasteiger partial charge in [0.25, 0.3) is 0 Å². The third-order valence-corrected chi connectivity index (χ3v) is 3.87. The van der Waals surface area contributed by atoms with E-state index >= 15 is 0 Å². The Balaban J connectivity index is 2.07. The zero-order chi connectivity index (χ0) is 19.6. The van der Waals surface area contributed by atoms with Crippen molar-refractivity contribution < 1.29 is 19.1 Å². The number of pyridine rings is 1. The molecule has 0 unspecified atom stereocenters. The van der Waals surface area contributed by atoms with Gasteiger partial charge in [-0.1, -0.05) is 19.4 Å². The number of benzene rings is 1. The maximum absolute atomic E-state index is 12.4. The van der Waals surface area contributed by atoms with Crippen molar-refractivity contribution in [2.24, 2.45) is 0 Å². The lowest BCUT2D eigenvalue weighted by molar-refractivity contribution is -0.142. The minimum Gasteiger partial charge on any atom is -0.497 e. The van der Waals surface area contributed by atoms with Crippen LogP contribution in [0.15, 0.2) is 42.7 Å². The highest BCUT2D eigenvalue weighted by atomic mass is 16.5. The smallest absolute Gasteiger partial charge is 0.314 e. The molecule has 0 saturated carbocycles. The Morgan fingerprint density at radius 2 is 2.07 bits per heavy atom. The summed E-state index contributed by atoms with van der Waals surface area (Å²) in [7, 11) is 3.10. The normalized spacial score (nSPS) is 10.2. The fourth-order valence-corrected chi connectivity index (χ4v) is 2.37. The van der Waals surface area contributed by atoms with Gasteiger partial charge in [-0.2, -0.15) is 0 Å². The molecule has 0 bridgehead atoms. The molecule has 1 aromatic carbocycles. The first-order chi connectivity index (χ1) is 13.0. The molecule has 0 saturated heterocycles. The maximum Gasteiger partial charge on any atom is 0.314 e. The first kappa shape index (κ1) is 20.2. The number of amides is 2. The van der Waals surface area contributed by atoms with E-state index < -0.39 is 11.8 Å². The molecule has 0 radical (unpaired) electrons. The molecule has 0 aliphatic carbocycles. The molecule has 0 atom stereocenters. The number of likely N-dealkylation sites (N-methyl/N-ethyl adjacent to an activating group) is 1. The average Bonchev–Trinajstić information content (AvgIpc) is 2.69. The highest BCUT2D eigenvalue weighted by Crippen LogP contribution is 2.29. The van der Waals surface area contributed by atoms with E-state index in [1.165, 1.54) is 12.0 Å². The van der Waals surface area contributed by atoms with Gasteiger partial charge >= 0.3 is 11.8 Å². The number of ether oxygens (including phenoxy) is 2. The maximum atomic E-state index is 12.4. The number of hydrogen-bond acceptors (Lipinski definition) is 5. The van der Waals surface area contributed by atoms with Gasteiger partial charge in [0.1, 0.15) is 11.5 Å². The topological polar surface area (TPSA) is 80.8 Å². The fourth-order valence-electron chi connectivity index (χ4n) is 2.37. The Kier molecular flexibility index (Phi) is 7.61. The monoisotopic (exact) mass is 371 g/mol. The largest absolute Gasteiger partial charge is 0.497 e. The van der Waals surface area contributed by atoms with Crippen LogP contribution in [0, 0.1) is 0 Å². The number of nitrogens with zero attached hydrogens (tertiary/aromatic N) is 2. The number of rotatable bonds is 8. The van der Waals surface area contributed by atoms with Gasteiger partial charge in [-0.05, 0) is 30.2 Å². The Bertz CT molecular complexity index is 765. The van der Waals surface area contributed by atoms with Crippen LogP contribution in [0.4, 0.5) is 5.69 Å². The van der Waals surface area contributed by atoms with E-state index in [4.69, 9.17) is 9.47 Å². The molecule has 0 aliphatic heterocycles. The molecular weight excluding hydrogens is 346 g/mol. The van der Waals surface area contributed by atoms with Crippen LogP contribution in [0.5, 0.6) is 11.5 Å². The minimum absolute atomic E-state index is 0.290. The lowest BCUT2D eigenvalue weighted by Crippen LogP contribution is -2.36. The highest BCUT2D eigenvalue weighted by molar-refractivity contribution is 6.39. The van der Waals surface area contributed by atoms with E-state index in [2.05, 4.69) is 17.2 Å². The summed E-state index contributed by atoms with van der Waals surface area (Å²) in [6.45, 7) is 2.88. The SMILES string of the molecule is CCCCOc1ccc(OC)cc1NC(=O)C(=O)N(C)Cc1cccnc1. The average molecular weight is 371 g/mol. The van der Waals surface area contributed by atoms with E-state index in [0.29, 0.717) is 23.8 Å². The van der Waals surface area contributed by atoms with Crippen molar-refractivity contribution in [2.75, 3.05) is 26.1 Å². The summed E-state index contributed by atoms with van der Waals surface area (Å²) >= 11 is 0. The number of methoxy groups -OCH3 is 1. The third-order valence-electron chi connectivity index (χ3n) is 3.87. The van der Waals surface area contributed by atoms with E-state index in [1.54, 1.807) is 43.7 Å². The van der Waals surface area contributed by atoms with Crippen molar-refractivity contribution in [2.45, 2.75) is 26.3 Å². The van der Waals surface area contributed by atoms with Crippen LogP contribution in [-0.4, -0.2) is 42.5 Å². The number of carbonyl (C=O) groups is 2. The second kappa shape index (κ2) is 10.2. The van der Waals surface area contributed by atoms with Crippen LogP contribution in [-0.2, 0) is 16.1 Å². The molecular formula is C20H25N3O4. The van der Waals surface area contributed by atoms with Crippen LogP contribution < -0.4 is 14.8 Å². The number of unbranched alkanes of at least 4 members (excludes halogenated alkanes) is 1. The summed E-state index contributed by atoms with van der Waals surface area (Å²) in [5, 5.41) is 2.63. The molecule has 144 valence electrons. The Morgan fingerprint density at radius 1 is 1.26 bits per heavy atom. The zero-order valence-corrected chi connectivity index (χ0v) is 15.9. The predicted octanol–water partition coefficient (Wildman–Crippen LogP) is 2.87. The fraction of sp³-hybridized carbons (Fsp3) is 0.350. The van der Waals surface area contributed by atoms with Crippen molar-refractivity contribution in [1.29, 1.82) is 0 Å². The molecule has 1 aromatic heterocycles. The van der Waals surface area contributed by atoms with E-state index in [-0.39, 0.29) is 6.54 Å². The van der Waals surface area contributed by atoms with Crippen LogP contribution >= 0.6 is 0 Å². The van der Waals surface area contributed by atoms with Gasteiger partial charge in [0.2, 0.25) is 0 Å². The second-order valence-electron chi connectivity index (χ2n) is 6.04. The summed E-state index contributed by atoms with van der Waals surface area (Å²) < 4.78 is 10.9. The van der Waals surface area contributed by atoms with Crippen molar-refractivity contribution in [3.8, 4) is 11.5 Å². The number of nitrogens with one attached hydrogen (secondary N) is 1. The van der Waals surface area contributed by atoms with Crippen LogP contribution in [0.1, 0.15) is 25.3 Å². The zero-order valence-electron chi connectivity index (χ0n) is 15.9. The summed E-state index contributed by atoms with van der Waals surface area (Å²) in [5.74, 6) is -0.333. The third kappa shape index (κ3) is 5.99. The quantitative estimate of drug-likeness (QED) is 0.570. The number of anilines is 1. The molecule has 1 N–H and O–H groups in total. The molecule has 2 rings (SSSR count). The second-order valence-corrected chi connectivity index (χ2v) is 6.04. The molecule has 2 aromatic rings. The first-order valence-electron chi connectivity index (χ1n) is 8.81. The van der Waals surface area contributed by atoms with Crippen molar-refractivity contribution in [1.82, 2.24) is 9.88 Å². The Labute approximate surface area is 159 Å². The van der Waals surface area contributed by atoms with Gasteiger partial charge in [0.15, 0.2) is 0 Å². The molecule has 0 aliphatic rings. The standard InChI is InChI=1S/C20H25N3O4/c1-4-5-11-27-18-9-8-16(26-3)12-17(18)22-19(24)20(25)23(2)14-15-7-6-10-21-13-15/h6-10,12-13H,4-5,11,14H2,1-3H3,(H,22,24). The lowest BCUT2D eigenvalue weighted by atomic mass is 10.2. The van der Waals surface area contributed by atoms with Crippen molar-refractivity contribution in [3.05, 3.63) is 48.3 Å². The summed E-state index contributed by atoms with van der Waals surface area (Å²) in [6.07, 6.45) is 5.20. The molecule has 0 spiro atoms. The lowest BCUT2D eigenvalue weighted by Gasteiger charge is -2.18. The highest BCUT2D eigenvalue weighted by Gasteiger charge is 2.21. The van der Waals surface area contributed by atoms with E-state index in [0.717, 1.165) is 18.4 Å². The van der Waals surface area contributed by atoms with Gasteiger partial charge < -0.3 is 19.7 Å². The molecule has 0 fully saturated rings. The number of aromatic nitrogens is 1. The van der Waals surface area contributed by atoms with Crippen molar-refractivity contribution in [3.63, 3.8) is 0 Å². The van der Waals surface area contributed by atoms with Gasteiger partial charge in [-0.3, -0.25) is 14.6 Å². The molecule has 27 heavy (non-hydrogen) atoms.